The molecular formula is C20H14O3S. The van der Waals surface area contributed by atoms with E-state index in [1.54, 1.807) is 24.3 Å². The van der Waals surface area contributed by atoms with Crippen molar-refractivity contribution in [3.63, 3.8) is 0 Å². The molecule has 3 aromatic rings. The topological polar surface area (TPSA) is 46.5 Å². The first-order valence-electron chi connectivity index (χ1n) is 7.55. The summed E-state index contributed by atoms with van der Waals surface area (Å²) < 4.78 is 6.10. The first kappa shape index (κ1) is 14.7. The lowest BCUT2D eigenvalue weighted by Crippen LogP contribution is -1.94. The molecule has 0 aliphatic carbocycles. The zero-order valence-electron chi connectivity index (χ0n) is 12.9. The standard InChI is InChI=1S/C20H14O3S/c1-12(20(21)22)10-13-11-16-14-6-2-4-8-17(14)23-18-9-5-3-7-15(18)19(16)24-13/h2-11H,1H3,(H,21,22). The first-order valence-corrected chi connectivity index (χ1v) is 8.37. The monoisotopic (exact) mass is 334 g/mol. The zero-order chi connectivity index (χ0) is 16.7. The maximum Gasteiger partial charge on any atom is 0.331 e. The number of carboxylic acids is 1. The van der Waals surface area contributed by atoms with Crippen LogP contribution in [-0.2, 0) is 4.79 Å². The molecule has 2 heterocycles. The smallest absolute Gasteiger partial charge is 0.331 e. The second kappa shape index (κ2) is 5.65. The van der Waals surface area contributed by atoms with Gasteiger partial charge in [-0.05, 0) is 37.3 Å². The molecule has 1 N–H and O–H groups in total. The first-order chi connectivity index (χ1) is 11.6. The highest BCUT2D eigenvalue weighted by Gasteiger charge is 2.22. The van der Waals surface area contributed by atoms with Crippen molar-refractivity contribution in [3.8, 4) is 33.1 Å². The van der Waals surface area contributed by atoms with Crippen LogP contribution in [0.2, 0.25) is 0 Å². The molecule has 0 bridgehead atoms. The second-order valence-corrected chi connectivity index (χ2v) is 6.70. The number of fused-ring (bicyclic) bond motifs is 5. The van der Waals surface area contributed by atoms with E-state index in [0.717, 1.165) is 37.9 Å². The molecule has 0 unspecified atom stereocenters. The fourth-order valence-electron chi connectivity index (χ4n) is 2.80. The SMILES string of the molecule is CC(=Cc1cc2c(s1)-c1ccccc1Oc1ccccc1-2)C(=O)O. The Morgan fingerprint density at radius 2 is 1.62 bits per heavy atom. The third-order valence-electron chi connectivity index (χ3n) is 3.98. The summed E-state index contributed by atoms with van der Waals surface area (Å²) in [6, 6.07) is 17.9. The zero-order valence-corrected chi connectivity index (χ0v) is 13.8. The Kier molecular flexibility index (Phi) is 3.47. The van der Waals surface area contributed by atoms with Crippen LogP contribution in [0.15, 0.2) is 60.2 Å². The summed E-state index contributed by atoms with van der Waals surface area (Å²) in [6.07, 6.45) is 1.72. The molecule has 1 aliphatic rings. The van der Waals surface area contributed by atoms with E-state index in [4.69, 9.17) is 9.84 Å². The van der Waals surface area contributed by atoms with Crippen molar-refractivity contribution >= 4 is 23.4 Å². The van der Waals surface area contributed by atoms with Crippen LogP contribution in [0.3, 0.4) is 0 Å². The summed E-state index contributed by atoms with van der Waals surface area (Å²) >= 11 is 1.58. The molecule has 0 amide bonds. The van der Waals surface area contributed by atoms with Gasteiger partial charge in [0.25, 0.3) is 0 Å². The predicted molar refractivity (Wildman–Crippen MR) is 96.6 cm³/mol. The van der Waals surface area contributed by atoms with Gasteiger partial charge in [0.2, 0.25) is 0 Å². The van der Waals surface area contributed by atoms with Gasteiger partial charge >= 0.3 is 5.97 Å². The minimum atomic E-state index is -0.900. The molecule has 0 spiro atoms. The Morgan fingerprint density at radius 1 is 1.00 bits per heavy atom. The van der Waals surface area contributed by atoms with Gasteiger partial charge in [-0.2, -0.15) is 0 Å². The van der Waals surface area contributed by atoms with Gasteiger partial charge in [-0.25, -0.2) is 4.79 Å². The average molecular weight is 334 g/mol. The summed E-state index contributed by atoms with van der Waals surface area (Å²) in [4.78, 5) is 13.1. The van der Waals surface area contributed by atoms with E-state index in [-0.39, 0.29) is 0 Å². The molecule has 0 saturated carbocycles. The van der Waals surface area contributed by atoms with Gasteiger partial charge in [-0.3, -0.25) is 0 Å². The quantitative estimate of drug-likeness (QED) is 0.480. The molecule has 0 atom stereocenters. The normalized spacial score (nSPS) is 12.5. The molecular weight excluding hydrogens is 320 g/mol. The van der Waals surface area contributed by atoms with Crippen molar-refractivity contribution in [3.05, 3.63) is 65.0 Å². The highest BCUT2D eigenvalue weighted by atomic mass is 32.1. The molecule has 0 fully saturated rings. The number of carboxylic acid groups (broad SMARTS) is 1. The summed E-state index contributed by atoms with van der Waals surface area (Å²) in [5.41, 5.74) is 3.45. The van der Waals surface area contributed by atoms with Crippen molar-refractivity contribution in [2.75, 3.05) is 0 Å². The Bertz CT molecular complexity index is 919. The third-order valence-corrected chi connectivity index (χ3v) is 5.09. The van der Waals surface area contributed by atoms with Crippen molar-refractivity contribution < 1.29 is 14.6 Å². The van der Waals surface area contributed by atoms with Gasteiger partial charge in [0.15, 0.2) is 0 Å². The van der Waals surface area contributed by atoms with Crippen LogP contribution >= 0.6 is 11.3 Å². The number of ether oxygens (including phenoxy) is 1. The number of para-hydroxylation sites is 2. The third kappa shape index (κ3) is 2.41. The van der Waals surface area contributed by atoms with Gasteiger partial charge < -0.3 is 9.84 Å². The second-order valence-electron chi connectivity index (χ2n) is 5.62. The minimum Gasteiger partial charge on any atom is -0.478 e. The van der Waals surface area contributed by atoms with E-state index < -0.39 is 5.97 Å². The predicted octanol–water partition coefficient (Wildman–Crippen LogP) is 5.68. The van der Waals surface area contributed by atoms with Crippen molar-refractivity contribution in [2.45, 2.75) is 6.92 Å². The molecule has 0 saturated heterocycles. The average Bonchev–Trinajstić information content (AvgIpc) is 2.94. The lowest BCUT2D eigenvalue weighted by Gasteiger charge is -2.08. The Hall–Kier alpha value is -2.85. The molecule has 1 aromatic heterocycles. The van der Waals surface area contributed by atoms with Gasteiger partial charge in [0, 0.05) is 32.0 Å². The number of aliphatic carboxylic acids is 1. The number of hydrogen-bond acceptors (Lipinski definition) is 3. The molecule has 118 valence electrons. The van der Waals surface area contributed by atoms with E-state index in [1.165, 1.54) is 0 Å². The molecule has 2 aromatic carbocycles. The molecule has 0 radical (unpaired) electrons. The largest absolute Gasteiger partial charge is 0.478 e. The van der Waals surface area contributed by atoms with Crippen LogP contribution < -0.4 is 4.74 Å². The van der Waals surface area contributed by atoms with E-state index in [2.05, 4.69) is 0 Å². The minimum absolute atomic E-state index is 0.323. The molecule has 4 heteroatoms. The van der Waals surface area contributed by atoms with Crippen molar-refractivity contribution in [2.24, 2.45) is 0 Å². The fraction of sp³-hybridized carbons (Fsp3) is 0.0500. The molecule has 1 aliphatic heterocycles. The van der Waals surface area contributed by atoms with E-state index in [9.17, 15) is 4.79 Å². The van der Waals surface area contributed by atoms with Gasteiger partial charge in [0.1, 0.15) is 11.5 Å². The van der Waals surface area contributed by atoms with Crippen molar-refractivity contribution in [1.82, 2.24) is 0 Å². The molecule has 3 nitrogen and oxygen atoms in total. The molecule has 4 rings (SSSR count). The number of rotatable bonds is 2. The van der Waals surface area contributed by atoms with E-state index in [0.29, 0.717) is 5.57 Å². The highest BCUT2D eigenvalue weighted by molar-refractivity contribution is 7.17. The summed E-state index contributed by atoms with van der Waals surface area (Å²) in [5, 5.41) is 9.12. The van der Waals surface area contributed by atoms with E-state index in [1.807, 2.05) is 54.6 Å². The number of hydrogen-bond donors (Lipinski definition) is 1. The van der Waals surface area contributed by atoms with Gasteiger partial charge in [-0.1, -0.05) is 30.3 Å². The van der Waals surface area contributed by atoms with Gasteiger partial charge in [-0.15, -0.1) is 11.3 Å². The van der Waals surface area contributed by atoms with Crippen LogP contribution in [0.25, 0.3) is 27.6 Å². The van der Waals surface area contributed by atoms with Crippen LogP contribution in [0, 0.1) is 0 Å². The summed E-state index contributed by atoms with van der Waals surface area (Å²) in [7, 11) is 0. The highest BCUT2D eigenvalue weighted by Crippen LogP contribution is 2.50. The van der Waals surface area contributed by atoms with Gasteiger partial charge in [0.05, 0.1) is 0 Å². The Labute approximate surface area is 143 Å². The number of thiophene rings is 1. The summed E-state index contributed by atoms with van der Waals surface area (Å²) in [6.45, 7) is 1.61. The summed E-state index contributed by atoms with van der Waals surface area (Å²) in [5.74, 6) is 0.728. The van der Waals surface area contributed by atoms with Crippen LogP contribution in [0.4, 0.5) is 0 Å². The number of benzene rings is 2. The lowest BCUT2D eigenvalue weighted by atomic mass is 10.0. The van der Waals surface area contributed by atoms with E-state index >= 15 is 0 Å². The Balaban J connectivity index is 1.98. The number of carbonyl (C=O) groups is 1. The maximum atomic E-state index is 11.1. The van der Waals surface area contributed by atoms with Crippen LogP contribution in [-0.4, -0.2) is 11.1 Å². The van der Waals surface area contributed by atoms with Crippen LogP contribution in [0.1, 0.15) is 11.8 Å². The van der Waals surface area contributed by atoms with Crippen LogP contribution in [0.5, 0.6) is 11.5 Å². The van der Waals surface area contributed by atoms with Crippen molar-refractivity contribution in [1.29, 1.82) is 0 Å². The Morgan fingerprint density at radius 3 is 2.33 bits per heavy atom. The fourth-order valence-corrected chi connectivity index (χ4v) is 4.00. The lowest BCUT2D eigenvalue weighted by molar-refractivity contribution is -0.132. The maximum absolute atomic E-state index is 11.1. The molecule has 24 heavy (non-hydrogen) atoms.